The molecule has 2 amide bonds. The molecule has 3 aromatic rings. The van der Waals surface area contributed by atoms with Crippen LogP contribution in [0.25, 0.3) is 5.78 Å². The van der Waals surface area contributed by atoms with E-state index in [1.165, 1.54) is 0 Å². The lowest BCUT2D eigenvalue weighted by molar-refractivity contribution is -0.120. The van der Waals surface area contributed by atoms with E-state index in [-0.39, 0.29) is 11.8 Å². The molecule has 1 saturated heterocycles. The number of hydrogen-bond donors (Lipinski definition) is 0. The first kappa shape index (κ1) is 16.3. The highest BCUT2D eigenvalue weighted by Crippen LogP contribution is 2.25. The Hall–Kier alpha value is -3.22. The van der Waals surface area contributed by atoms with Gasteiger partial charge in [0.15, 0.2) is 0 Å². The summed E-state index contributed by atoms with van der Waals surface area (Å²) in [6.45, 7) is 2.92. The molecule has 132 valence electrons. The lowest BCUT2D eigenvalue weighted by atomic mass is 10.2. The Labute approximate surface area is 150 Å². The fourth-order valence-electron chi connectivity index (χ4n) is 3.40. The van der Waals surface area contributed by atoms with Crippen molar-refractivity contribution in [3.05, 3.63) is 60.7 Å². The summed E-state index contributed by atoms with van der Waals surface area (Å²) in [6, 6.07) is 10.9. The minimum absolute atomic E-state index is 0.0479. The standard InChI is InChI=1S/C19H19N5O2/c1-2-23(17(25)15-13-22-11-6-10-20-19(22)21-15)16-9-12-24(18(16)26)14-7-4-3-5-8-14/h3-8,10-11,13,16H,2,9,12H2,1H3/t16-/m0/s1. The van der Waals surface area contributed by atoms with E-state index in [1.54, 1.807) is 38.9 Å². The third-order valence-corrected chi connectivity index (χ3v) is 4.68. The molecule has 0 aliphatic carbocycles. The molecule has 0 N–H and O–H groups in total. The molecule has 2 aromatic heterocycles. The number of para-hydroxylation sites is 1. The summed E-state index contributed by atoms with van der Waals surface area (Å²) >= 11 is 0. The van der Waals surface area contributed by atoms with Crippen LogP contribution < -0.4 is 4.90 Å². The van der Waals surface area contributed by atoms with Crippen LogP contribution in [0, 0.1) is 0 Å². The van der Waals surface area contributed by atoms with Gasteiger partial charge in [-0.15, -0.1) is 0 Å². The number of likely N-dealkylation sites (N-methyl/N-ethyl adjacent to an activating group) is 1. The second kappa shape index (κ2) is 6.59. The molecular formula is C19H19N5O2. The second-order valence-corrected chi connectivity index (χ2v) is 6.17. The van der Waals surface area contributed by atoms with Crippen LogP contribution in [0.3, 0.4) is 0 Å². The van der Waals surface area contributed by atoms with Crippen LogP contribution in [0.1, 0.15) is 23.8 Å². The molecule has 0 radical (unpaired) electrons. The summed E-state index contributed by atoms with van der Waals surface area (Å²) in [5, 5.41) is 0. The van der Waals surface area contributed by atoms with Crippen LogP contribution >= 0.6 is 0 Å². The van der Waals surface area contributed by atoms with E-state index in [1.807, 2.05) is 37.3 Å². The second-order valence-electron chi connectivity index (χ2n) is 6.17. The third-order valence-electron chi connectivity index (χ3n) is 4.68. The highest BCUT2D eigenvalue weighted by molar-refractivity contribution is 6.03. The van der Waals surface area contributed by atoms with Gasteiger partial charge in [0.05, 0.1) is 0 Å². The number of imidazole rings is 1. The predicted octanol–water partition coefficient (Wildman–Crippen LogP) is 2.00. The monoisotopic (exact) mass is 349 g/mol. The van der Waals surface area contributed by atoms with Crippen LogP contribution in [-0.4, -0.2) is 50.2 Å². The van der Waals surface area contributed by atoms with Gasteiger partial charge < -0.3 is 9.80 Å². The van der Waals surface area contributed by atoms with Gasteiger partial charge in [0.2, 0.25) is 11.7 Å². The van der Waals surface area contributed by atoms with Gasteiger partial charge in [0, 0.05) is 37.4 Å². The molecule has 1 aliphatic rings. The van der Waals surface area contributed by atoms with E-state index in [0.717, 1.165) is 5.69 Å². The molecule has 0 saturated carbocycles. The first-order chi connectivity index (χ1) is 12.7. The van der Waals surface area contributed by atoms with E-state index >= 15 is 0 Å². The summed E-state index contributed by atoms with van der Waals surface area (Å²) in [6.07, 6.45) is 5.69. The van der Waals surface area contributed by atoms with E-state index in [4.69, 9.17) is 0 Å². The largest absolute Gasteiger partial charge is 0.325 e. The molecule has 0 bridgehead atoms. The maximum atomic E-state index is 13.0. The van der Waals surface area contributed by atoms with Gasteiger partial charge in [-0.3, -0.25) is 14.0 Å². The van der Waals surface area contributed by atoms with E-state index < -0.39 is 6.04 Å². The molecule has 0 unspecified atom stereocenters. The summed E-state index contributed by atoms with van der Waals surface area (Å²) in [5.41, 5.74) is 1.16. The minimum atomic E-state index is -0.467. The number of anilines is 1. The van der Waals surface area contributed by atoms with Gasteiger partial charge in [-0.05, 0) is 31.5 Å². The Kier molecular flexibility index (Phi) is 4.12. The molecule has 1 fully saturated rings. The van der Waals surface area contributed by atoms with Crippen molar-refractivity contribution in [2.75, 3.05) is 18.0 Å². The van der Waals surface area contributed by atoms with E-state index in [2.05, 4.69) is 9.97 Å². The van der Waals surface area contributed by atoms with Crippen molar-refractivity contribution in [2.24, 2.45) is 0 Å². The number of hydrogen-bond acceptors (Lipinski definition) is 4. The van der Waals surface area contributed by atoms with Gasteiger partial charge in [-0.2, -0.15) is 0 Å². The number of aromatic nitrogens is 3. The highest BCUT2D eigenvalue weighted by Gasteiger charge is 2.38. The lowest BCUT2D eigenvalue weighted by Crippen LogP contribution is -2.45. The number of rotatable bonds is 4. The van der Waals surface area contributed by atoms with Crippen molar-refractivity contribution in [3.63, 3.8) is 0 Å². The van der Waals surface area contributed by atoms with E-state index in [0.29, 0.717) is 31.0 Å². The third kappa shape index (κ3) is 2.71. The Balaban J connectivity index is 1.59. The molecular weight excluding hydrogens is 330 g/mol. The molecule has 4 rings (SSSR count). The molecule has 7 nitrogen and oxygen atoms in total. The zero-order chi connectivity index (χ0) is 18.1. The van der Waals surface area contributed by atoms with Crippen molar-refractivity contribution >= 4 is 23.3 Å². The fraction of sp³-hybridized carbons (Fsp3) is 0.263. The van der Waals surface area contributed by atoms with Gasteiger partial charge in [0.1, 0.15) is 11.7 Å². The highest BCUT2D eigenvalue weighted by atomic mass is 16.2. The topological polar surface area (TPSA) is 70.8 Å². The van der Waals surface area contributed by atoms with Crippen molar-refractivity contribution in [1.29, 1.82) is 0 Å². The van der Waals surface area contributed by atoms with Crippen molar-refractivity contribution < 1.29 is 9.59 Å². The minimum Gasteiger partial charge on any atom is -0.325 e. The zero-order valence-corrected chi connectivity index (χ0v) is 14.4. The Morgan fingerprint density at radius 2 is 2.08 bits per heavy atom. The van der Waals surface area contributed by atoms with Crippen molar-refractivity contribution in [2.45, 2.75) is 19.4 Å². The van der Waals surface area contributed by atoms with Gasteiger partial charge in [-0.1, -0.05) is 18.2 Å². The van der Waals surface area contributed by atoms with Crippen LogP contribution in [0.5, 0.6) is 0 Å². The predicted molar refractivity (Wildman–Crippen MR) is 96.9 cm³/mol. The smallest absolute Gasteiger partial charge is 0.274 e. The molecule has 1 atom stereocenters. The average Bonchev–Trinajstić information content (AvgIpc) is 3.27. The lowest BCUT2D eigenvalue weighted by Gasteiger charge is -2.26. The SMILES string of the molecule is CCN(C(=O)c1cn2cccnc2n1)[C@H]1CCN(c2ccccc2)C1=O. The number of carbonyl (C=O) groups excluding carboxylic acids is 2. The quantitative estimate of drug-likeness (QED) is 0.722. The molecule has 7 heteroatoms. The molecule has 1 aliphatic heterocycles. The molecule has 26 heavy (non-hydrogen) atoms. The molecule has 0 spiro atoms. The normalized spacial score (nSPS) is 17.0. The Bertz CT molecular complexity index is 920. The van der Waals surface area contributed by atoms with Crippen LogP contribution in [0.2, 0.25) is 0 Å². The number of fused-ring (bicyclic) bond motifs is 1. The Morgan fingerprint density at radius 3 is 2.81 bits per heavy atom. The van der Waals surface area contributed by atoms with Gasteiger partial charge in [-0.25, -0.2) is 9.97 Å². The maximum absolute atomic E-state index is 13.0. The maximum Gasteiger partial charge on any atom is 0.274 e. The zero-order valence-electron chi connectivity index (χ0n) is 14.4. The summed E-state index contributed by atoms with van der Waals surface area (Å²) < 4.78 is 1.70. The molecule has 3 heterocycles. The van der Waals surface area contributed by atoms with Crippen molar-refractivity contribution in [1.82, 2.24) is 19.3 Å². The number of amides is 2. The number of nitrogens with zero attached hydrogens (tertiary/aromatic N) is 5. The van der Waals surface area contributed by atoms with E-state index in [9.17, 15) is 9.59 Å². The van der Waals surface area contributed by atoms with Crippen molar-refractivity contribution in [3.8, 4) is 0 Å². The average molecular weight is 349 g/mol. The Morgan fingerprint density at radius 1 is 1.27 bits per heavy atom. The number of carbonyl (C=O) groups is 2. The molecule has 1 aromatic carbocycles. The first-order valence-corrected chi connectivity index (χ1v) is 8.66. The van der Waals surface area contributed by atoms with Gasteiger partial charge in [0.25, 0.3) is 5.91 Å². The first-order valence-electron chi connectivity index (χ1n) is 8.66. The van der Waals surface area contributed by atoms with Crippen LogP contribution in [0.15, 0.2) is 55.0 Å². The summed E-state index contributed by atoms with van der Waals surface area (Å²) in [7, 11) is 0. The fourth-order valence-corrected chi connectivity index (χ4v) is 3.40. The van der Waals surface area contributed by atoms with Gasteiger partial charge >= 0.3 is 0 Å². The summed E-state index contributed by atoms with van der Waals surface area (Å²) in [5.74, 6) is 0.176. The number of benzene rings is 1. The summed E-state index contributed by atoms with van der Waals surface area (Å²) in [4.78, 5) is 37.7. The van der Waals surface area contributed by atoms with Crippen LogP contribution in [0.4, 0.5) is 5.69 Å². The van der Waals surface area contributed by atoms with Crippen LogP contribution in [-0.2, 0) is 4.79 Å².